The van der Waals surface area contributed by atoms with Gasteiger partial charge in [-0.05, 0) is 93.4 Å². The van der Waals surface area contributed by atoms with Crippen LogP contribution in [-0.4, -0.2) is 44.5 Å². The van der Waals surface area contributed by atoms with E-state index < -0.39 is 9.84 Å². The van der Waals surface area contributed by atoms with Gasteiger partial charge in [-0.1, -0.05) is 13.8 Å². The lowest BCUT2D eigenvalue weighted by atomic mass is 9.77. The van der Waals surface area contributed by atoms with E-state index in [0.717, 1.165) is 59.2 Å². The zero-order valence-electron chi connectivity index (χ0n) is 22.3. The highest BCUT2D eigenvalue weighted by Gasteiger charge is 2.32. The summed E-state index contributed by atoms with van der Waals surface area (Å²) in [6.07, 6.45) is 10.2. The van der Waals surface area contributed by atoms with Gasteiger partial charge in [0.15, 0.2) is 15.5 Å². The van der Waals surface area contributed by atoms with Crippen LogP contribution in [0.4, 0.5) is 0 Å². The molecule has 4 aromatic heterocycles. The molecule has 7 nitrogen and oxygen atoms in total. The molecule has 0 aromatic carbocycles. The van der Waals surface area contributed by atoms with Crippen molar-refractivity contribution in [2.45, 2.75) is 78.1 Å². The number of pyridine rings is 2. The molecule has 1 saturated heterocycles. The summed E-state index contributed by atoms with van der Waals surface area (Å²) in [6, 6.07) is 4.42. The average molecular weight is 520 g/mol. The molecule has 1 atom stereocenters. The fourth-order valence-electron chi connectivity index (χ4n) is 6.78. The molecule has 5 heterocycles. The van der Waals surface area contributed by atoms with Gasteiger partial charge in [-0.3, -0.25) is 4.98 Å². The zero-order chi connectivity index (χ0) is 25.9. The molecular formula is C29H37N5O2S. The maximum Gasteiger partial charge on any atom is 0.158 e. The van der Waals surface area contributed by atoms with Crippen LogP contribution in [0.25, 0.3) is 27.9 Å². The van der Waals surface area contributed by atoms with Crippen LogP contribution < -0.4 is 0 Å². The first kappa shape index (κ1) is 24.6. The summed E-state index contributed by atoms with van der Waals surface area (Å²) in [5.74, 6) is 2.61. The van der Waals surface area contributed by atoms with Gasteiger partial charge in [-0.2, -0.15) is 5.10 Å². The number of fused-ring (bicyclic) bond motifs is 2. The number of H-pyrrole nitrogens is 1. The van der Waals surface area contributed by atoms with Crippen LogP contribution >= 0.6 is 0 Å². The van der Waals surface area contributed by atoms with E-state index >= 15 is 0 Å². The monoisotopic (exact) mass is 519 g/mol. The summed E-state index contributed by atoms with van der Waals surface area (Å²) in [4.78, 5) is 13.4. The number of aromatic amines is 1. The highest BCUT2D eigenvalue weighted by atomic mass is 32.2. The maximum absolute atomic E-state index is 11.9. The van der Waals surface area contributed by atoms with Crippen LogP contribution in [0.15, 0.2) is 24.7 Å². The first-order valence-electron chi connectivity index (χ1n) is 13.7. The molecule has 4 aromatic rings. The number of sulfone groups is 1. The van der Waals surface area contributed by atoms with Crippen LogP contribution in [0.3, 0.4) is 0 Å². The molecule has 0 spiro atoms. The smallest absolute Gasteiger partial charge is 0.158 e. The van der Waals surface area contributed by atoms with Crippen molar-refractivity contribution < 1.29 is 8.42 Å². The SMILES string of the molecule is Cc1c(-c2[nH]c3ccc(C4CCC(CC5CCS(=O)(=O)C5)CC4)nc3c2C(C)C)cn2ncnc2c1C. The van der Waals surface area contributed by atoms with E-state index in [0.29, 0.717) is 35.2 Å². The van der Waals surface area contributed by atoms with Crippen LogP contribution in [0.1, 0.15) is 86.6 Å². The summed E-state index contributed by atoms with van der Waals surface area (Å²) >= 11 is 0. The second-order valence-electron chi connectivity index (χ2n) is 11.7. The summed E-state index contributed by atoms with van der Waals surface area (Å²) in [5.41, 5.74) is 10.1. The lowest BCUT2D eigenvalue weighted by Gasteiger charge is -2.29. The highest BCUT2D eigenvalue weighted by molar-refractivity contribution is 7.91. The Kier molecular flexibility index (Phi) is 6.13. The van der Waals surface area contributed by atoms with E-state index in [2.05, 4.69) is 61.1 Å². The third kappa shape index (κ3) is 4.47. The van der Waals surface area contributed by atoms with Gasteiger partial charge in [0.2, 0.25) is 0 Å². The first-order valence-corrected chi connectivity index (χ1v) is 15.5. The molecule has 2 aliphatic rings. The number of aromatic nitrogens is 5. The third-order valence-electron chi connectivity index (χ3n) is 8.93. The van der Waals surface area contributed by atoms with Crippen molar-refractivity contribution in [3.8, 4) is 11.3 Å². The van der Waals surface area contributed by atoms with E-state index in [4.69, 9.17) is 4.98 Å². The largest absolute Gasteiger partial charge is 0.353 e. The topological polar surface area (TPSA) is 93.0 Å². The summed E-state index contributed by atoms with van der Waals surface area (Å²) in [7, 11) is -2.78. The Balaban J connectivity index is 1.28. The Labute approximate surface area is 219 Å². The quantitative estimate of drug-likeness (QED) is 0.343. The van der Waals surface area contributed by atoms with Crippen molar-refractivity contribution in [3.63, 3.8) is 0 Å². The Bertz CT molecular complexity index is 1570. The molecule has 1 aliphatic heterocycles. The van der Waals surface area contributed by atoms with Gasteiger partial charge < -0.3 is 4.98 Å². The van der Waals surface area contributed by atoms with Gasteiger partial charge in [-0.25, -0.2) is 17.9 Å². The van der Waals surface area contributed by atoms with E-state index in [1.165, 1.54) is 29.7 Å². The summed E-state index contributed by atoms with van der Waals surface area (Å²) in [5, 5.41) is 4.40. The van der Waals surface area contributed by atoms with E-state index in [1.54, 1.807) is 6.33 Å². The molecule has 196 valence electrons. The lowest BCUT2D eigenvalue weighted by Crippen LogP contribution is -2.18. The molecule has 0 radical (unpaired) electrons. The number of nitrogens with zero attached hydrogens (tertiary/aromatic N) is 4. The molecule has 1 aliphatic carbocycles. The molecule has 1 N–H and O–H groups in total. The minimum absolute atomic E-state index is 0.316. The van der Waals surface area contributed by atoms with Crippen LogP contribution in [-0.2, 0) is 9.84 Å². The zero-order valence-corrected chi connectivity index (χ0v) is 23.1. The standard InChI is InChI=1S/C29H37N5O2S/c1-17(2)26-27(23-14-34-29(30-16-31-34)19(4)18(23)3)33-25-10-9-24(32-28(25)26)22-7-5-20(6-8-22)13-21-11-12-37(35,36)15-21/h9-10,14,16-17,20-22,33H,5-8,11-13,15H2,1-4H3. The van der Waals surface area contributed by atoms with Crippen molar-refractivity contribution in [1.29, 1.82) is 0 Å². The predicted molar refractivity (Wildman–Crippen MR) is 148 cm³/mol. The average Bonchev–Trinajstić information content (AvgIpc) is 3.57. The fourth-order valence-corrected chi connectivity index (χ4v) is 8.66. The third-order valence-corrected chi connectivity index (χ3v) is 10.8. The van der Waals surface area contributed by atoms with Crippen LogP contribution in [0.2, 0.25) is 0 Å². The Morgan fingerprint density at radius 1 is 1.05 bits per heavy atom. The normalized spacial score (nSPS) is 24.0. The second-order valence-corrected chi connectivity index (χ2v) is 14.0. The van der Waals surface area contributed by atoms with Crippen molar-refractivity contribution in [3.05, 3.63) is 47.0 Å². The minimum atomic E-state index is -2.78. The lowest BCUT2D eigenvalue weighted by molar-refractivity contribution is 0.276. The molecule has 2 fully saturated rings. The fraction of sp³-hybridized carbons (Fsp3) is 0.552. The number of hydrogen-bond donors (Lipinski definition) is 1. The number of nitrogens with one attached hydrogen (secondary N) is 1. The van der Waals surface area contributed by atoms with Crippen molar-refractivity contribution >= 4 is 26.5 Å². The van der Waals surface area contributed by atoms with Crippen molar-refractivity contribution in [2.75, 3.05) is 11.5 Å². The first-order chi connectivity index (χ1) is 17.7. The van der Waals surface area contributed by atoms with Gasteiger partial charge in [-0.15, -0.1) is 0 Å². The van der Waals surface area contributed by atoms with Gasteiger partial charge >= 0.3 is 0 Å². The molecular weight excluding hydrogens is 482 g/mol. The molecule has 1 unspecified atom stereocenters. The van der Waals surface area contributed by atoms with Gasteiger partial charge in [0.05, 0.1) is 28.2 Å². The predicted octanol–water partition coefficient (Wildman–Crippen LogP) is 6.11. The van der Waals surface area contributed by atoms with E-state index in [-0.39, 0.29) is 0 Å². The Hall–Kier alpha value is -2.74. The van der Waals surface area contributed by atoms with Crippen molar-refractivity contribution in [1.82, 2.24) is 24.6 Å². The highest BCUT2D eigenvalue weighted by Crippen LogP contribution is 2.41. The molecule has 8 heteroatoms. The van der Waals surface area contributed by atoms with Gasteiger partial charge in [0.25, 0.3) is 0 Å². The molecule has 1 saturated carbocycles. The maximum atomic E-state index is 11.9. The number of aryl methyl sites for hydroxylation is 1. The number of hydrogen-bond acceptors (Lipinski definition) is 5. The Morgan fingerprint density at radius 3 is 2.54 bits per heavy atom. The number of rotatable bonds is 5. The van der Waals surface area contributed by atoms with Gasteiger partial charge in [0.1, 0.15) is 6.33 Å². The van der Waals surface area contributed by atoms with E-state index in [1.807, 2.05) is 4.52 Å². The van der Waals surface area contributed by atoms with E-state index in [9.17, 15) is 8.42 Å². The Morgan fingerprint density at radius 2 is 1.84 bits per heavy atom. The molecule has 6 rings (SSSR count). The minimum Gasteiger partial charge on any atom is -0.353 e. The summed E-state index contributed by atoms with van der Waals surface area (Å²) < 4.78 is 25.6. The molecule has 0 bridgehead atoms. The summed E-state index contributed by atoms with van der Waals surface area (Å²) in [6.45, 7) is 8.75. The van der Waals surface area contributed by atoms with Crippen molar-refractivity contribution in [2.24, 2.45) is 11.8 Å². The van der Waals surface area contributed by atoms with Crippen LogP contribution in [0.5, 0.6) is 0 Å². The second kappa shape index (κ2) is 9.22. The molecule has 0 amide bonds. The van der Waals surface area contributed by atoms with Crippen LogP contribution in [0, 0.1) is 25.7 Å². The molecule has 37 heavy (non-hydrogen) atoms. The van der Waals surface area contributed by atoms with Gasteiger partial charge in [0, 0.05) is 28.9 Å².